The second kappa shape index (κ2) is 11.4. The maximum Gasteiger partial charge on any atom is 0.355 e. The predicted molar refractivity (Wildman–Crippen MR) is 161 cm³/mol. The molecule has 5 rings (SSSR count). The summed E-state index contributed by atoms with van der Waals surface area (Å²) in [5.41, 5.74) is 2.68. The van der Waals surface area contributed by atoms with E-state index in [1.54, 1.807) is 35.4 Å². The molecule has 2 atom stereocenters. The molecular weight excluding hydrogens is 535 g/mol. The van der Waals surface area contributed by atoms with Crippen molar-refractivity contribution in [2.75, 3.05) is 18.0 Å². The molecule has 1 aromatic carbocycles. The number of carbonyl (C=O) groups is 1. The van der Waals surface area contributed by atoms with Crippen LogP contribution in [0.3, 0.4) is 0 Å². The van der Waals surface area contributed by atoms with Crippen LogP contribution in [0.2, 0.25) is 0 Å². The highest BCUT2D eigenvalue weighted by molar-refractivity contribution is 5.91. The van der Waals surface area contributed by atoms with Crippen LogP contribution in [0.25, 0.3) is 28.0 Å². The van der Waals surface area contributed by atoms with Gasteiger partial charge in [-0.15, -0.1) is 0 Å². The second-order valence-corrected chi connectivity index (χ2v) is 11.1. The molecule has 1 saturated heterocycles. The third-order valence-corrected chi connectivity index (χ3v) is 7.88. The molecule has 42 heavy (non-hydrogen) atoms. The van der Waals surface area contributed by atoms with E-state index >= 15 is 4.39 Å². The van der Waals surface area contributed by atoms with E-state index in [-0.39, 0.29) is 41.9 Å². The van der Waals surface area contributed by atoms with Gasteiger partial charge in [0, 0.05) is 36.9 Å². The van der Waals surface area contributed by atoms with Gasteiger partial charge in [0.15, 0.2) is 5.65 Å². The Kier molecular flexibility index (Phi) is 7.92. The Morgan fingerprint density at radius 2 is 1.90 bits per heavy atom. The Bertz CT molecular complexity index is 1750. The van der Waals surface area contributed by atoms with Crippen LogP contribution in [0.15, 0.2) is 60.0 Å². The van der Waals surface area contributed by atoms with E-state index in [0.717, 1.165) is 5.56 Å². The van der Waals surface area contributed by atoms with Crippen molar-refractivity contribution in [2.24, 2.45) is 0 Å². The maximum atomic E-state index is 16.0. The molecule has 0 saturated carbocycles. The number of anilines is 1. The number of benzene rings is 1. The molecule has 3 aromatic heterocycles. The number of aromatic nitrogens is 4. The average Bonchev–Trinajstić information content (AvgIpc) is 2.97. The molecule has 0 bridgehead atoms. The number of carbonyl (C=O) groups excluding carboxylic acids is 1. The van der Waals surface area contributed by atoms with Gasteiger partial charge in [-0.05, 0) is 56.0 Å². The highest BCUT2D eigenvalue weighted by Gasteiger charge is 2.34. The predicted octanol–water partition coefficient (Wildman–Crippen LogP) is 4.52. The normalized spacial score (nSPS) is 17.2. The van der Waals surface area contributed by atoms with Gasteiger partial charge in [-0.2, -0.15) is 4.98 Å². The van der Waals surface area contributed by atoms with E-state index in [1.807, 2.05) is 45.6 Å². The van der Waals surface area contributed by atoms with Crippen molar-refractivity contribution in [2.45, 2.75) is 59.2 Å². The maximum absolute atomic E-state index is 16.0. The Balaban J connectivity index is 1.83. The van der Waals surface area contributed by atoms with Crippen molar-refractivity contribution in [3.63, 3.8) is 0 Å². The molecule has 9 nitrogen and oxygen atoms in total. The molecule has 10 heteroatoms. The number of fused-ring (bicyclic) bond motifs is 1. The van der Waals surface area contributed by atoms with Crippen molar-refractivity contribution in [1.82, 2.24) is 24.4 Å². The van der Waals surface area contributed by atoms with Crippen LogP contribution in [0, 0.1) is 12.7 Å². The monoisotopic (exact) mass is 570 g/mol. The number of pyridine rings is 2. The van der Waals surface area contributed by atoms with E-state index in [4.69, 9.17) is 4.98 Å². The fraction of sp³-hybridized carbons (Fsp3) is 0.344. The van der Waals surface area contributed by atoms with Crippen LogP contribution in [-0.2, 0) is 11.4 Å². The lowest BCUT2D eigenvalue weighted by atomic mass is 10.0. The summed E-state index contributed by atoms with van der Waals surface area (Å²) >= 11 is 0. The van der Waals surface area contributed by atoms with Crippen molar-refractivity contribution in [3.8, 4) is 16.9 Å². The first-order valence-corrected chi connectivity index (χ1v) is 14.0. The number of piperazine rings is 1. The van der Waals surface area contributed by atoms with E-state index in [2.05, 4.69) is 16.5 Å². The zero-order valence-electron chi connectivity index (χ0n) is 24.5. The molecule has 1 N–H and O–H groups in total. The number of aliphatic hydroxyl groups excluding tert-OH is 1. The molecule has 4 aromatic rings. The number of aliphatic hydroxyl groups is 1. The molecular formula is C32H35FN6O3. The first-order valence-electron chi connectivity index (χ1n) is 14.0. The third kappa shape index (κ3) is 4.96. The van der Waals surface area contributed by atoms with E-state index in [0.29, 0.717) is 46.8 Å². The van der Waals surface area contributed by atoms with Crippen molar-refractivity contribution in [3.05, 3.63) is 88.4 Å². The summed E-state index contributed by atoms with van der Waals surface area (Å²) in [6.45, 7) is 13.8. The first kappa shape index (κ1) is 29.1. The van der Waals surface area contributed by atoms with Gasteiger partial charge in [-0.25, -0.2) is 18.7 Å². The average molecular weight is 571 g/mol. The minimum absolute atomic E-state index is 0.0205. The quantitative estimate of drug-likeness (QED) is 0.340. The Morgan fingerprint density at radius 3 is 2.60 bits per heavy atom. The van der Waals surface area contributed by atoms with Gasteiger partial charge in [0.1, 0.15) is 17.3 Å². The van der Waals surface area contributed by atoms with Crippen LogP contribution in [0.4, 0.5) is 10.2 Å². The molecule has 1 aliphatic rings. The molecule has 218 valence electrons. The minimum Gasteiger partial charge on any atom is -0.392 e. The fourth-order valence-electron chi connectivity index (χ4n) is 5.74. The van der Waals surface area contributed by atoms with Crippen molar-refractivity contribution < 1.29 is 14.3 Å². The van der Waals surface area contributed by atoms with Gasteiger partial charge in [0.05, 0.1) is 23.4 Å². The highest BCUT2D eigenvalue weighted by Crippen LogP contribution is 2.34. The summed E-state index contributed by atoms with van der Waals surface area (Å²) in [5, 5.41) is 10.3. The lowest BCUT2D eigenvalue weighted by Crippen LogP contribution is -2.58. The number of halogens is 1. The van der Waals surface area contributed by atoms with Gasteiger partial charge >= 0.3 is 5.69 Å². The zero-order valence-corrected chi connectivity index (χ0v) is 24.5. The minimum atomic E-state index is -0.607. The van der Waals surface area contributed by atoms with Crippen molar-refractivity contribution in [1.29, 1.82) is 0 Å². The van der Waals surface area contributed by atoms with Crippen LogP contribution in [0.1, 0.15) is 50.4 Å². The lowest BCUT2D eigenvalue weighted by Gasteiger charge is -2.44. The van der Waals surface area contributed by atoms with E-state index in [9.17, 15) is 14.7 Å². The largest absolute Gasteiger partial charge is 0.392 e. The molecule has 4 heterocycles. The topological polar surface area (TPSA) is 104 Å². The van der Waals surface area contributed by atoms with Gasteiger partial charge < -0.3 is 14.9 Å². The highest BCUT2D eigenvalue weighted by atomic mass is 19.1. The fourth-order valence-corrected chi connectivity index (χ4v) is 5.74. The van der Waals surface area contributed by atoms with E-state index < -0.39 is 11.5 Å². The summed E-state index contributed by atoms with van der Waals surface area (Å²) < 4.78 is 17.4. The van der Waals surface area contributed by atoms with Gasteiger partial charge in [0.25, 0.3) is 0 Å². The molecule has 0 spiro atoms. The van der Waals surface area contributed by atoms with Gasteiger partial charge in [-0.3, -0.25) is 9.78 Å². The standard InChI is InChI=1S/C32H35FN6O3/c1-7-26(41)37-15-21(6)38(16-20(37)5)30-24-14-25(33)28(23-11-9-8-10-22(23)17-40)35-31(24)39(32(42)36-30)29-19(4)12-13-34-27(29)18(2)3/h7-14,18,20-21,40H,1,15-17H2,2-6H3/t20-,21+/m1/s1. The Labute approximate surface area is 244 Å². The lowest BCUT2D eigenvalue weighted by molar-refractivity contribution is -0.128. The second-order valence-electron chi connectivity index (χ2n) is 11.1. The summed E-state index contributed by atoms with van der Waals surface area (Å²) in [4.78, 5) is 44.1. The Hall–Kier alpha value is -4.44. The van der Waals surface area contributed by atoms with Crippen LogP contribution >= 0.6 is 0 Å². The summed E-state index contributed by atoms with van der Waals surface area (Å²) in [7, 11) is 0. The molecule has 1 fully saturated rings. The molecule has 1 amide bonds. The van der Waals surface area contributed by atoms with Gasteiger partial charge in [-0.1, -0.05) is 44.7 Å². The van der Waals surface area contributed by atoms with Crippen LogP contribution in [0.5, 0.6) is 0 Å². The third-order valence-electron chi connectivity index (χ3n) is 7.88. The smallest absolute Gasteiger partial charge is 0.355 e. The number of hydrogen-bond acceptors (Lipinski definition) is 7. The van der Waals surface area contributed by atoms with Crippen molar-refractivity contribution >= 4 is 22.8 Å². The number of hydrogen-bond donors (Lipinski definition) is 1. The number of rotatable bonds is 6. The molecule has 0 aliphatic carbocycles. The zero-order chi connectivity index (χ0) is 30.3. The van der Waals surface area contributed by atoms with Crippen LogP contribution < -0.4 is 10.6 Å². The Morgan fingerprint density at radius 1 is 1.17 bits per heavy atom. The molecule has 1 aliphatic heterocycles. The van der Waals surface area contributed by atoms with Gasteiger partial charge in [0.2, 0.25) is 5.91 Å². The molecule has 0 radical (unpaired) electrons. The summed E-state index contributed by atoms with van der Waals surface area (Å²) in [5.74, 6) is -0.495. The van der Waals surface area contributed by atoms with E-state index in [1.165, 1.54) is 16.7 Å². The SMILES string of the molecule is C=CC(=O)N1C[C@H](C)N(c2nc(=O)n(-c3c(C)ccnc3C(C)C)c3nc(-c4ccccc4CO)c(F)cc23)C[C@H]1C. The first-order chi connectivity index (χ1) is 20.1. The number of aryl methyl sites for hydroxylation is 1. The number of nitrogens with zero attached hydrogens (tertiary/aromatic N) is 6. The summed E-state index contributed by atoms with van der Waals surface area (Å²) in [6.07, 6.45) is 2.99. The van der Waals surface area contributed by atoms with Crippen LogP contribution in [-0.4, -0.2) is 60.6 Å². The molecule has 0 unspecified atom stereocenters. The summed E-state index contributed by atoms with van der Waals surface area (Å²) in [6, 6.07) is 9.68. The number of amides is 1.